The van der Waals surface area contributed by atoms with Gasteiger partial charge in [0.1, 0.15) is 0 Å². The third-order valence-electron chi connectivity index (χ3n) is 7.33. The van der Waals surface area contributed by atoms with Crippen molar-refractivity contribution in [3.8, 4) is 0 Å². The van der Waals surface area contributed by atoms with Gasteiger partial charge in [-0.3, -0.25) is 0 Å². The number of rotatable bonds is 5. The number of ether oxygens (including phenoxy) is 2. The Morgan fingerprint density at radius 1 is 1.00 bits per heavy atom. The Hall–Kier alpha value is -2.15. The van der Waals surface area contributed by atoms with E-state index in [0.29, 0.717) is 25.1 Å². The minimum atomic E-state index is -4.98. The molecule has 2 aliphatic heterocycles. The number of sulfone groups is 1. The third-order valence-corrected chi connectivity index (χ3v) is 8.98. The summed E-state index contributed by atoms with van der Waals surface area (Å²) < 4.78 is 117. The van der Waals surface area contributed by atoms with E-state index >= 15 is 0 Å². The lowest BCUT2D eigenvalue weighted by molar-refractivity contribution is -0.213. The maximum atomic E-state index is 13.4. The van der Waals surface area contributed by atoms with Gasteiger partial charge in [-0.15, -0.1) is 0 Å². The molecular formula is C26H29F6NO4S. The standard InChI is InChI=1S/C26H29F6NO4S/c1-16(18-12-19(25(27,28)29)14-20(13-18)26(30,31)32)37-24-23(17-6-4-3-5-7-17)21(8-10-36-24)22-15-38(34,35)11-9-33(22)2/h3-7,12-14,16,21-24H,8-11,15H2,1-2H3/t16-,21+,22-,23+,24-/m1/s1. The predicted octanol–water partition coefficient (Wildman–Crippen LogP) is 5.68. The molecule has 2 saturated heterocycles. The van der Waals surface area contributed by atoms with E-state index in [1.165, 1.54) is 6.92 Å². The molecule has 5 nitrogen and oxygen atoms in total. The second-order valence-corrected chi connectivity index (χ2v) is 12.1. The summed E-state index contributed by atoms with van der Waals surface area (Å²) >= 11 is 0. The summed E-state index contributed by atoms with van der Waals surface area (Å²) in [5.74, 6) is -0.744. The van der Waals surface area contributed by atoms with Crippen molar-refractivity contribution in [3.05, 3.63) is 70.8 Å². The van der Waals surface area contributed by atoms with Crippen molar-refractivity contribution in [2.75, 3.05) is 31.7 Å². The maximum absolute atomic E-state index is 13.4. The van der Waals surface area contributed by atoms with E-state index < -0.39 is 51.6 Å². The van der Waals surface area contributed by atoms with E-state index in [1.54, 1.807) is 18.2 Å². The molecule has 2 fully saturated rings. The normalized spacial score (nSPS) is 27.7. The van der Waals surface area contributed by atoms with Crippen LogP contribution in [-0.2, 0) is 31.7 Å². The number of hydrogen-bond acceptors (Lipinski definition) is 5. The van der Waals surface area contributed by atoms with Crippen LogP contribution in [0.4, 0.5) is 26.3 Å². The molecule has 0 bridgehead atoms. The van der Waals surface area contributed by atoms with Crippen LogP contribution in [0.1, 0.15) is 47.6 Å². The topological polar surface area (TPSA) is 55.8 Å². The monoisotopic (exact) mass is 565 g/mol. The van der Waals surface area contributed by atoms with Crippen molar-refractivity contribution < 1.29 is 44.2 Å². The highest BCUT2D eigenvalue weighted by Gasteiger charge is 2.45. The van der Waals surface area contributed by atoms with Crippen molar-refractivity contribution in [2.45, 2.75) is 50.1 Å². The smallest absolute Gasteiger partial charge is 0.352 e. The van der Waals surface area contributed by atoms with E-state index in [9.17, 15) is 34.8 Å². The van der Waals surface area contributed by atoms with E-state index in [4.69, 9.17) is 9.47 Å². The molecule has 0 unspecified atom stereocenters. The van der Waals surface area contributed by atoms with Gasteiger partial charge >= 0.3 is 12.4 Å². The van der Waals surface area contributed by atoms with Crippen molar-refractivity contribution >= 4 is 9.84 Å². The highest BCUT2D eigenvalue weighted by molar-refractivity contribution is 7.91. The first-order valence-corrected chi connectivity index (χ1v) is 14.0. The average molecular weight is 566 g/mol. The Morgan fingerprint density at radius 2 is 1.61 bits per heavy atom. The number of benzene rings is 2. The van der Waals surface area contributed by atoms with Crippen LogP contribution in [-0.4, -0.2) is 57.4 Å². The summed E-state index contributed by atoms with van der Waals surface area (Å²) in [6.45, 7) is 1.94. The van der Waals surface area contributed by atoms with Gasteiger partial charge in [0.25, 0.3) is 0 Å². The van der Waals surface area contributed by atoms with Crippen molar-refractivity contribution in [1.82, 2.24) is 4.90 Å². The first-order chi connectivity index (χ1) is 17.7. The minimum absolute atomic E-state index is 0.0489. The summed E-state index contributed by atoms with van der Waals surface area (Å²) in [5, 5.41) is 0. The van der Waals surface area contributed by atoms with E-state index in [0.717, 1.165) is 5.56 Å². The lowest BCUT2D eigenvalue weighted by Gasteiger charge is -2.46. The first-order valence-electron chi connectivity index (χ1n) is 12.2. The highest BCUT2D eigenvalue weighted by atomic mass is 32.2. The van der Waals surface area contributed by atoms with E-state index in [1.807, 2.05) is 24.1 Å². The molecule has 0 saturated carbocycles. The third kappa shape index (κ3) is 6.52. The van der Waals surface area contributed by atoms with E-state index in [2.05, 4.69) is 0 Å². The van der Waals surface area contributed by atoms with Crippen LogP contribution in [0, 0.1) is 5.92 Å². The first kappa shape index (κ1) is 28.8. The fraction of sp³-hybridized carbons (Fsp3) is 0.538. The van der Waals surface area contributed by atoms with Gasteiger partial charge in [-0.1, -0.05) is 30.3 Å². The van der Waals surface area contributed by atoms with Crippen LogP contribution in [0.2, 0.25) is 0 Å². The van der Waals surface area contributed by atoms with Crippen LogP contribution >= 0.6 is 0 Å². The minimum Gasteiger partial charge on any atom is -0.352 e. The van der Waals surface area contributed by atoms with Crippen LogP contribution in [0.25, 0.3) is 0 Å². The van der Waals surface area contributed by atoms with Gasteiger partial charge < -0.3 is 14.4 Å². The fourth-order valence-corrected chi connectivity index (χ4v) is 7.06. The molecule has 0 spiro atoms. The summed E-state index contributed by atoms with van der Waals surface area (Å²) in [6, 6.07) is 10.1. The zero-order valence-electron chi connectivity index (χ0n) is 20.8. The van der Waals surface area contributed by atoms with Crippen molar-refractivity contribution in [3.63, 3.8) is 0 Å². The Balaban J connectivity index is 1.69. The molecule has 210 valence electrons. The van der Waals surface area contributed by atoms with Gasteiger partial charge in [-0.25, -0.2) is 8.42 Å². The van der Waals surface area contributed by atoms with Gasteiger partial charge in [-0.2, -0.15) is 26.3 Å². The molecule has 2 heterocycles. The van der Waals surface area contributed by atoms with Crippen molar-refractivity contribution in [2.24, 2.45) is 5.92 Å². The van der Waals surface area contributed by atoms with Gasteiger partial charge in [-0.05, 0) is 55.6 Å². The molecule has 12 heteroatoms. The molecule has 38 heavy (non-hydrogen) atoms. The van der Waals surface area contributed by atoms with Crippen LogP contribution in [0.5, 0.6) is 0 Å². The second-order valence-electron chi connectivity index (χ2n) is 9.91. The Labute approximate surface area is 217 Å². The molecule has 4 rings (SSSR count). The van der Waals surface area contributed by atoms with Crippen molar-refractivity contribution in [1.29, 1.82) is 0 Å². The van der Waals surface area contributed by atoms with Gasteiger partial charge in [0.2, 0.25) is 0 Å². The predicted molar refractivity (Wildman–Crippen MR) is 128 cm³/mol. The Bertz CT molecular complexity index is 1190. The molecule has 0 aromatic heterocycles. The van der Waals surface area contributed by atoms with Crippen LogP contribution in [0.15, 0.2) is 48.5 Å². The lowest BCUT2D eigenvalue weighted by Crippen LogP contribution is -2.54. The second kappa shape index (κ2) is 10.8. The average Bonchev–Trinajstić information content (AvgIpc) is 2.84. The zero-order chi connectivity index (χ0) is 27.9. The number of nitrogens with zero attached hydrogens (tertiary/aromatic N) is 1. The molecule has 2 aromatic rings. The van der Waals surface area contributed by atoms with Gasteiger partial charge in [0, 0.05) is 18.5 Å². The molecule has 2 aromatic carbocycles. The maximum Gasteiger partial charge on any atom is 0.416 e. The molecule has 0 N–H and O–H groups in total. The number of halogens is 6. The summed E-state index contributed by atoms with van der Waals surface area (Å²) in [7, 11) is -1.43. The molecule has 0 amide bonds. The van der Waals surface area contributed by atoms with Gasteiger partial charge in [0.15, 0.2) is 16.1 Å². The Kier molecular flexibility index (Phi) is 8.19. The summed E-state index contributed by atoms with van der Waals surface area (Å²) in [4.78, 5) is 1.98. The van der Waals surface area contributed by atoms with Crippen LogP contribution in [0.3, 0.4) is 0 Å². The highest BCUT2D eigenvalue weighted by Crippen LogP contribution is 2.43. The molecule has 5 atom stereocenters. The molecule has 2 aliphatic rings. The Morgan fingerprint density at radius 3 is 2.18 bits per heavy atom. The lowest BCUT2D eigenvalue weighted by atomic mass is 9.77. The van der Waals surface area contributed by atoms with Crippen LogP contribution < -0.4 is 0 Å². The fourth-order valence-electron chi connectivity index (χ4n) is 5.30. The van der Waals surface area contributed by atoms with Gasteiger partial charge in [0.05, 0.1) is 35.3 Å². The zero-order valence-corrected chi connectivity index (χ0v) is 21.6. The molecule has 0 radical (unpaired) electrons. The summed E-state index contributed by atoms with van der Waals surface area (Å²) in [5.41, 5.74) is -2.35. The number of hydrogen-bond donors (Lipinski definition) is 0. The molecular weight excluding hydrogens is 536 g/mol. The molecule has 0 aliphatic carbocycles. The quantitative estimate of drug-likeness (QED) is 0.437. The SMILES string of the molecule is C[C@@H](O[C@H]1OCC[C@@H]([C@H]2CS(=O)(=O)CCN2C)[C@@H]1c1ccccc1)c1cc(C(F)(F)F)cc(C(F)(F)F)c1. The number of alkyl halides is 6. The summed E-state index contributed by atoms with van der Waals surface area (Å²) in [6.07, 6.45) is -11.6. The van der Waals surface area contributed by atoms with E-state index in [-0.39, 0.29) is 41.7 Å². The largest absolute Gasteiger partial charge is 0.416 e.